The molecule has 0 unspecified atom stereocenters. The van der Waals surface area contributed by atoms with E-state index in [1.165, 1.54) is 11.3 Å². The highest BCUT2D eigenvalue weighted by Crippen LogP contribution is 2.32. The zero-order valence-electron chi connectivity index (χ0n) is 14.6. The van der Waals surface area contributed by atoms with Crippen LogP contribution in [0.2, 0.25) is 5.02 Å². The summed E-state index contributed by atoms with van der Waals surface area (Å²) in [5, 5.41) is 1.28. The topological polar surface area (TPSA) is 46.1 Å². The van der Waals surface area contributed by atoms with E-state index in [4.69, 9.17) is 11.6 Å². The maximum absolute atomic E-state index is 13.3. The molecule has 4 rings (SSSR count). The number of hydrogen-bond acceptors (Lipinski definition) is 4. The lowest BCUT2D eigenvalue weighted by Crippen LogP contribution is -2.30. The second kappa shape index (κ2) is 7.47. The first-order valence-electron chi connectivity index (χ1n) is 8.45. The van der Waals surface area contributed by atoms with Crippen LogP contribution in [0.1, 0.15) is 21.6 Å². The Hall–Kier alpha value is -2.76. The Morgan fingerprint density at radius 3 is 2.78 bits per heavy atom. The molecule has 0 spiro atoms. The van der Waals surface area contributed by atoms with Crippen LogP contribution in [0.25, 0.3) is 10.2 Å². The number of nitrogens with zero attached hydrogens (tertiary/aromatic N) is 3. The van der Waals surface area contributed by atoms with E-state index in [-0.39, 0.29) is 5.91 Å². The van der Waals surface area contributed by atoms with Gasteiger partial charge in [0.1, 0.15) is 0 Å². The van der Waals surface area contributed by atoms with E-state index in [2.05, 4.69) is 9.97 Å². The summed E-state index contributed by atoms with van der Waals surface area (Å²) in [5.74, 6) is -0.102. The van der Waals surface area contributed by atoms with E-state index in [0.717, 1.165) is 21.5 Å². The first kappa shape index (κ1) is 17.6. The molecule has 0 N–H and O–H groups in total. The molecule has 0 bridgehead atoms. The first-order valence-corrected chi connectivity index (χ1v) is 9.64. The van der Waals surface area contributed by atoms with Gasteiger partial charge in [-0.15, -0.1) is 0 Å². The van der Waals surface area contributed by atoms with Crippen LogP contribution in [0.4, 0.5) is 5.13 Å². The molecule has 134 valence electrons. The van der Waals surface area contributed by atoms with Crippen molar-refractivity contribution in [3.05, 3.63) is 88.7 Å². The second-order valence-electron chi connectivity index (χ2n) is 6.19. The minimum Gasteiger partial charge on any atom is -0.278 e. The minimum absolute atomic E-state index is 0.102. The molecule has 0 aliphatic rings. The number of amides is 1. The van der Waals surface area contributed by atoms with Crippen LogP contribution in [-0.4, -0.2) is 15.9 Å². The van der Waals surface area contributed by atoms with Crippen molar-refractivity contribution in [1.29, 1.82) is 0 Å². The largest absolute Gasteiger partial charge is 0.278 e. The summed E-state index contributed by atoms with van der Waals surface area (Å²) in [4.78, 5) is 24.0. The predicted octanol–water partition coefficient (Wildman–Crippen LogP) is 5.50. The molecular weight excluding hydrogens is 378 g/mol. The fourth-order valence-corrected chi connectivity index (χ4v) is 4.05. The number of fused-ring (bicyclic) bond motifs is 1. The van der Waals surface area contributed by atoms with Crippen LogP contribution in [-0.2, 0) is 6.54 Å². The lowest BCUT2D eigenvalue weighted by molar-refractivity contribution is 0.0984. The molecule has 2 aromatic carbocycles. The van der Waals surface area contributed by atoms with Crippen molar-refractivity contribution in [3.63, 3.8) is 0 Å². The molecule has 0 fully saturated rings. The Labute approximate surface area is 166 Å². The number of pyridine rings is 1. The van der Waals surface area contributed by atoms with E-state index in [1.807, 2.05) is 61.5 Å². The number of hydrogen-bond donors (Lipinski definition) is 0. The Kier molecular flexibility index (Phi) is 4.88. The average molecular weight is 394 g/mol. The zero-order chi connectivity index (χ0) is 18.8. The summed E-state index contributed by atoms with van der Waals surface area (Å²) >= 11 is 7.55. The van der Waals surface area contributed by atoms with Crippen molar-refractivity contribution in [2.75, 3.05) is 4.90 Å². The molecule has 6 heteroatoms. The van der Waals surface area contributed by atoms with E-state index >= 15 is 0 Å². The van der Waals surface area contributed by atoms with Gasteiger partial charge in [-0.05, 0) is 49.4 Å². The third kappa shape index (κ3) is 3.84. The van der Waals surface area contributed by atoms with Crippen LogP contribution in [0.15, 0.2) is 66.9 Å². The summed E-state index contributed by atoms with van der Waals surface area (Å²) in [7, 11) is 0. The van der Waals surface area contributed by atoms with Gasteiger partial charge in [-0.2, -0.15) is 0 Å². The number of aromatic nitrogens is 2. The number of carbonyl (C=O) groups is 1. The third-order valence-electron chi connectivity index (χ3n) is 4.13. The molecule has 2 heterocycles. The molecule has 0 saturated heterocycles. The molecule has 0 aliphatic carbocycles. The first-order chi connectivity index (χ1) is 13.1. The number of halogens is 1. The van der Waals surface area contributed by atoms with Gasteiger partial charge in [0.05, 0.1) is 22.5 Å². The summed E-state index contributed by atoms with van der Waals surface area (Å²) in [6, 6.07) is 18.8. The Bertz CT molecular complexity index is 1110. The maximum Gasteiger partial charge on any atom is 0.260 e. The number of anilines is 1. The molecule has 0 saturated carbocycles. The van der Waals surface area contributed by atoms with Gasteiger partial charge < -0.3 is 0 Å². The monoisotopic (exact) mass is 393 g/mol. The number of thiazole rings is 1. The van der Waals surface area contributed by atoms with Crippen LogP contribution in [0.5, 0.6) is 0 Å². The Balaban J connectivity index is 1.77. The lowest BCUT2D eigenvalue weighted by Gasteiger charge is -2.19. The van der Waals surface area contributed by atoms with Crippen LogP contribution in [0.3, 0.4) is 0 Å². The van der Waals surface area contributed by atoms with Gasteiger partial charge in [0.2, 0.25) is 0 Å². The summed E-state index contributed by atoms with van der Waals surface area (Å²) in [6.45, 7) is 2.32. The fourth-order valence-electron chi connectivity index (χ4n) is 2.82. The van der Waals surface area contributed by atoms with E-state index in [9.17, 15) is 4.79 Å². The molecule has 1 amide bonds. The molecule has 2 aromatic heterocycles. The van der Waals surface area contributed by atoms with Gasteiger partial charge in [0, 0.05) is 16.8 Å². The van der Waals surface area contributed by atoms with Crippen molar-refractivity contribution >= 4 is 44.2 Å². The van der Waals surface area contributed by atoms with E-state index in [1.54, 1.807) is 17.2 Å². The maximum atomic E-state index is 13.3. The third-order valence-corrected chi connectivity index (χ3v) is 5.40. The van der Waals surface area contributed by atoms with Gasteiger partial charge >= 0.3 is 0 Å². The van der Waals surface area contributed by atoms with Gasteiger partial charge in [-0.3, -0.25) is 14.7 Å². The van der Waals surface area contributed by atoms with Crippen molar-refractivity contribution in [2.24, 2.45) is 0 Å². The Morgan fingerprint density at radius 2 is 2.00 bits per heavy atom. The minimum atomic E-state index is -0.102. The van der Waals surface area contributed by atoms with Crippen LogP contribution in [0, 0.1) is 6.92 Å². The highest BCUT2D eigenvalue weighted by molar-refractivity contribution is 7.22. The SMILES string of the molecule is Cc1cccc(C(=O)N(Cc2ccccn2)c2nc3ccc(Cl)cc3s2)c1. The summed E-state index contributed by atoms with van der Waals surface area (Å²) in [5.41, 5.74) is 3.29. The van der Waals surface area contributed by atoms with Gasteiger partial charge in [-0.1, -0.05) is 46.7 Å². The van der Waals surface area contributed by atoms with Crippen LogP contribution < -0.4 is 4.90 Å². The molecule has 0 radical (unpaired) electrons. The van der Waals surface area contributed by atoms with Gasteiger partial charge in [-0.25, -0.2) is 4.98 Å². The second-order valence-corrected chi connectivity index (χ2v) is 7.64. The zero-order valence-corrected chi connectivity index (χ0v) is 16.2. The summed E-state index contributed by atoms with van der Waals surface area (Å²) in [6.07, 6.45) is 1.72. The van der Waals surface area contributed by atoms with E-state index < -0.39 is 0 Å². The Morgan fingerprint density at radius 1 is 1.11 bits per heavy atom. The number of benzene rings is 2. The number of rotatable bonds is 4. The van der Waals surface area contributed by atoms with Gasteiger partial charge in [0.15, 0.2) is 5.13 Å². The van der Waals surface area contributed by atoms with Crippen molar-refractivity contribution in [3.8, 4) is 0 Å². The molecule has 27 heavy (non-hydrogen) atoms. The van der Waals surface area contributed by atoms with Crippen molar-refractivity contribution in [2.45, 2.75) is 13.5 Å². The molecule has 0 aliphatic heterocycles. The smallest absolute Gasteiger partial charge is 0.260 e. The molecular formula is C21H16ClN3OS. The fraction of sp³-hybridized carbons (Fsp3) is 0.0952. The van der Waals surface area contributed by atoms with Gasteiger partial charge in [0.25, 0.3) is 5.91 Å². The highest BCUT2D eigenvalue weighted by atomic mass is 35.5. The molecule has 0 atom stereocenters. The average Bonchev–Trinajstić information content (AvgIpc) is 3.09. The summed E-state index contributed by atoms with van der Waals surface area (Å²) < 4.78 is 0.945. The highest BCUT2D eigenvalue weighted by Gasteiger charge is 2.22. The lowest BCUT2D eigenvalue weighted by atomic mass is 10.1. The molecule has 4 aromatic rings. The van der Waals surface area contributed by atoms with Crippen LogP contribution >= 0.6 is 22.9 Å². The quantitative estimate of drug-likeness (QED) is 0.460. The predicted molar refractivity (Wildman–Crippen MR) is 111 cm³/mol. The van der Waals surface area contributed by atoms with E-state index in [0.29, 0.717) is 22.3 Å². The normalized spacial score (nSPS) is 10.9. The molecule has 4 nitrogen and oxygen atoms in total. The number of carbonyl (C=O) groups excluding carboxylic acids is 1. The number of aryl methyl sites for hydroxylation is 1. The van der Waals surface area contributed by atoms with Crippen molar-refractivity contribution < 1.29 is 4.79 Å². The van der Waals surface area contributed by atoms with Crippen molar-refractivity contribution in [1.82, 2.24) is 9.97 Å². The standard InChI is InChI=1S/C21H16ClN3OS/c1-14-5-4-6-15(11-14)20(26)25(13-17-7-2-3-10-23-17)21-24-18-9-8-16(22)12-19(18)27-21/h2-12H,13H2,1H3.